The third-order valence-corrected chi connectivity index (χ3v) is 5.78. The Balaban J connectivity index is 0.00000385. The van der Waals surface area contributed by atoms with Crippen molar-refractivity contribution >= 4 is 47.2 Å². The largest absolute Gasteiger partial charge is 0.443 e. The fraction of sp³-hybridized carbons (Fsp3) is 0.478. The number of amides is 2. The number of nitrogens with zero attached hydrogens (tertiary/aromatic N) is 2. The molecule has 3 rings (SSSR count). The van der Waals surface area contributed by atoms with Gasteiger partial charge in [-0.15, -0.1) is 23.7 Å². The van der Waals surface area contributed by atoms with Gasteiger partial charge in [0, 0.05) is 29.2 Å². The lowest BCUT2D eigenvalue weighted by Crippen LogP contribution is -2.33. The second-order valence-corrected chi connectivity index (χ2v) is 10.0. The molecule has 2 aromatic rings. The topological polar surface area (TPSA) is 102 Å². The number of benzene rings is 1. The molecule has 1 aliphatic rings. The first-order valence-corrected chi connectivity index (χ1v) is 11.5. The predicted molar refractivity (Wildman–Crippen MR) is 130 cm³/mol. The molecule has 33 heavy (non-hydrogen) atoms. The van der Waals surface area contributed by atoms with Crippen LogP contribution in [0.2, 0.25) is 0 Å². The van der Waals surface area contributed by atoms with E-state index in [1.807, 2.05) is 27.7 Å². The Hall–Kier alpha value is -2.49. The number of aryl methyl sites for hydroxylation is 1. The Morgan fingerprint density at radius 3 is 2.70 bits per heavy atom. The van der Waals surface area contributed by atoms with Crippen LogP contribution in [-0.2, 0) is 21.1 Å². The van der Waals surface area contributed by atoms with Crippen LogP contribution in [0.25, 0.3) is 0 Å². The molecule has 2 amide bonds. The summed E-state index contributed by atoms with van der Waals surface area (Å²) in [7, 11) is 0. The van der Waals surface area contributed by atoms with E-state index < -0.39 is 5.91 Å². The fourth-order valence-electron chi connectivity index (χ4n) is 3.37. The molecule has 1 saturated heterocycles. The summed E-state index contributed by atoms with van der Waals surface area (Å²) < 4.78 is 6.99. The second kappa shape index (κ2) is 11.6. The van der Waals surface area contributed by atoms with Gasteiger partial charge in [-0.05, 0) is 55.5 Å². The van der Waals surface area contributed by atoms with Gasteiger partial charge in [-0.3, -0.25) is 19.0 Å². The van der Waals surface area contributed by atoms with Crippen LogP contribution >= 0.6 is 23.7 Å². The van der Waals surface area contributed by atoms with E-state index in [1.165, 1.54) is 11.3 Å². The third kappa shape index (κ3) is 7.80. The molecule has 1 atom stereocenters. The number of aromatic nitrogens is 1. The van der Waals surface area contributed by atoms with E-state index in [9.17, 15) is 14.4 Å². The zero-order chi connectivity index (χ0) is 23.3. The van der Waals surface area contributed by atoms with Crippen LogP contribution < -0.4 is 15.4 Å². The number of nitrogens with one attached hydrogen (secondary N) is 2. The molecule has 180 valence electrons. The monoisotopic (exact) mass is 494 g/mol. The van der Waals surface area contributed by atoms with Gasteiger partial charge in [0.1, 0.15) is 6.04 Å². The molecule has 2 heterocycles. The van der Waals surface area contributed by atoms with E-state index in [1.54, 1.807) is 34.3 Å². The van der Waals surface area contributed by atoms with Gasteiger partial charge >= 0.3 is 5.97 Å². The van der Waals surface area contributed by atoms with Crippen molar-refractivity contribution in [3.05, 3.63) is 45.7 Å². The standard InChI is InChI=1S/C23H30N4O4S.ClH/c1-15-12-16(7-8-17(15)25-19(28)13-23(2,3)4)20(29)26-22-27(10-11-32-22)14-31-21(30)18-6-5-9-24-18;/h7-8,10-12,18,24H,5-6,9,13-14H2,1-4H3,(H,25,28);1H/b26-22-;/t18-;/m0./s1. The quantitative estimate of drug-likeness (QED) is 0.597. The Bertz CT molecular complexity index is 1060. The maximum absolute atomic E-state index is 12.7. The van der Waals surface area contributed by atoms with Crippen LogP contribution in [0.1, 0.15) is 56.0 Å². The zero-order valence-corrected chi connectivity index (χ0v) is 21.0. The van der Waals surface area contributed by atoms with Gasteiger partial charge in [-0.2, -0.15) is 4.99 Å². The third-order valence-electron chi connectivity index (χ3n) is 4.99. The molecule has 0 bridgehead atoms. The molecule has 1 aromatic carbocycles. The number of hydrogen-bond acceptors (Lipinski definition) is 6. The summed E-state index contributed by atoms with van der Waals surface area (Å²) in [6.07, 6.45) is 3.86. The molecule has 0 spiro atoms. The zero-order valence-electron chi connectivity index (χ0n) is 19.3. The van der Waals surface area contributed by atoms with Gasteiger partial charge in [0.15, 0.2) is 11.5 Å². The first-order valence-electron chi connectivity index (χ1n) is 10.7. The van der Waals surface area contributed by atoms with Gasteiger partial charge in [0.25, 0.3) is 5.91 Å². The number of halogens is 1. The van der Waals surface area contributed by atoms with Crippen molar-refractivity contribution in [2.75, 3.05) is 11.9 Å². The highest BCUT2D eigenvalue weighted by atomic mass is 35.5. The van der Waals surface area contributed by atoms with Crippen LogP contribution in [0.15, 0.2) is 34.8 Å². The summed E-state index contributed by atoms with van der Waals surface area (Å²) in [5.74, 6) is -0.759. The smallest absolute Gasteiger partial charge is 0.324 e. The van der Waals surface area contributed by atoms with Gasteiger partial charge < -0.3 is 15.4 Å². The van der Waals surface area contributed by atoms with Crippen LogP contribution in [0, 0.1) is 12.3 Å². The van der Waals surface area contributed by atoms with E-state index in [-0.39, 0.29) is 42.5 Å². The SMILES string of the molecule is Cc1cc(C(=O)/N=c2\sccn2COC(=O)[C@@H]2CCCN2)ccc1NC(=O)CC(C)(C)C.Cl. The first-order chi connectivity index (χ1) is 15.1. The summed E-state index contributed by atoms with van der Waals surface area (Å²) >= 11 is 1.29. The van der Waals surface area contributed by atoms with Gasteiger partial charge in [0.05, 0.1) is 0 Å². The van der Waals surface area contributed by atoms with E-state index in [0.717, 1.165) is 24.9 Å². The van der Waals surface area contributed by atoms with Crippen LogP contribution in [0.3, 0.4) is 0 Å². The molecule has 0 unspecified atom stereocenters. The lowest BCUT2D eigenvalue weighted by molar-refractivity contribution is -0.149. The number of ether oxygens (including phenoxy) is 1. The second-order valence-electron chi connectivity index (χ2n) is 9.13. The molecule has 8 nitrogen and oxygen atoms in total. The Morgan fingerprint density at radius 2 is 2.06 bits per heavy atom. The molecular weight excluding hydrogens is 464 g/mol. The first kappa shape index (κ1) is 26.8. The summed E-state index contributed by atoms with van der Waals surface area (Å²) in [4.78, 5) is 41.6. The number of carbonyl (C=O) groups is 3. The molecule has 0 aliphatic carbocycles. The highest BCUT2D eigenvalue weighted by Gasteiger charge is 2.23. The van der Waals surface area contributed by atoms with Crippen LogP contribution in [-0.4, -0.2) is 34.9 Å². The lowest BCUT2D eigenvalue weighted by Gasteiger charge is -2.18. The number of carbonyl (C=O) groups excluding carboxylic acids is 3. The summed E-state index contributed by atoms with van der Waals surface area (Å²) in [5, 5.41) is 7.79. The minimum atomic E-state index is -0.402. The summed E-state index contributed by atoms with van der Waals surface area (Å²) in [6.45, 7) is 8.68. The molecule has 1 aromatic heterocycles. The van der Waals surface area contributed by atoms with Crippen molar-refractivity contribution in [2.24, 2.45) is 10.4 Å². The van der Waals surface area contributed by atoms with Crippen molar-refractivity contribution in [2.45, 2.75) is 59.7 Å². The van der Waals surface area contributed by atoms with E-state index in [0.29, 0.717) is 22.5 Å². The lowest BCUT2D eigenvalue weighted by atomic mass is 9.92. The molecule has 1 aliphatic heterocycles. The van der Waals surface area contributed by atoms with E-state index >= 15 is 0 Å². The van der Waals surface area contributed by atoms with Crippen LogP contribution in [0.5, 0.6) is 0 Å². The van der Waals surface area contributed by atoms with Crippen molar-refractivity contribution in [3.63, 3.8) is 0 Å². The Morgan fingerprint density at radius 1 is 1.30 bits per heavy atom. The van der Waals surface area contributed by atoms with E-state index in [4.69, 9.17) is 4.74 Å². The van der Waals surface area contributed by atoms with Crippen LogP contribution in [0.4, 0.5) is 5.69 Å². The van der Waals surface area contributed by atoms with Crippen molar-refractivity contribution in [1.82, 2.24) is 9.88 Å². The van der Waals surface area contributed by atoms with E-state index in [2.05, 4.69) is 15.6 Å². The number of anilines is 1. The Labute approximate surface area is 203 Å². The molecule has 0 radical (unpaired) electrons. The van der Waals surface area contributed by atoms with Gasteiger partial charge in [-0.25, -0.2) is 0 Å². The maximum atomic E-state index is 12.7. The molecule has 0 saturated carbocycles. The molecule has 2 N–H and O–H groups in total. The Kier molecular flexibility index (Phi) is 9.39. The predicted octanol–water partition coefficient (Wildman–Crippen LogP) is 3.65. The highest BCUT2D eigenvalue weighted by molar-refractivity contribution is 7.07. The fourth-order valence-corrected chi connectivity index (χ4v) is 4.08. The molecule has 1 fully saturated rings. The highest BCUT2D eigenvalue weighted by Crippen LogP contribution is 2.22. The average molecular weight is 495 g/mol. The summed E-state index contributed by atoms with van der Waals surface area (Å²) in [6, 6.07) is 4.82. The maximum Gasteiger partial charge on any atom is 0.324 e. The number of hydrogen-bond donors (Lipinski definition) is 2. The van der Waals surface area contributed by atoms with Crippen molar-refractivity contribution in [1.29, 1.82) is 0 Å². The average Bonchev–Trinajstić information content (AvgIpc) is 3.38. The molecular formula is C23H31ClN4O4S. The van der Waals surface area contributed by atoms with Crippen molar-refractivity contribution < 1.29 is 19.1 Å². The van der Waals surface area contributed by atoms with Gasteiger partial charge in [0.2, 0.25) is 5.91 Å². The number of rotatable bonds is 6. The van der Waals surface area contributed by atoms with Gasteiger partial charge in [-0.1, -0.05) is 20.8 Å². The number of thiazole rings is 1. The minimum Gasteiger partial charge on any atom is -0.443 e. The number of esters is 1. The normalized spacial score (nSPS) is 16.2. The minimum absolute atomic E-state index is 0. The molecule has 10 heteroatoms. The van der Waals surface area contributed by atoms with Crippen molar-refractivity contribution in [3.8, 4) is 0 Å². The summed E-state index contributed by atoms with van der Waals surface area (Å²) in [5.41, 5.74) is 1.77.